The Morgan fingerprint density at radius 1 is 1.21 bits per heavy atom. The molecule has 34 heavy (non-hydrogen) atoms. The molecule has 178 valence electrons. The number of benzene rings is 2. The molecule has 3 aromatic rings. The van der Waals surface area contributed by atoms with Gasteiger partial charge in [0.2, 0.25) is 5.78 Å². The standard InChI is InChI=1S/C26H26BrNO6/c1-15(2)33-11-5-10-28-23(16-6-4-7-19(13-16)32-3)22(25(30)26(28)31)24(29)21-14-17-12-18(27)8-9-20(17)34-21/h4,6-9,12-15,23,30H,5,10-11H2,1-3H3. The number of furan rings is 1. The molecule has 2 aromatic carbocycles. The first-order valence-electron chi connectivity index (χ1n) is 11.0. The van der Waals surface area contributed by atoms with Gasteiger partial charge < -0.3 is 23.9 Å². The van der Waals surface area contributed by atoms with Crippen LogP contribution in [0, 0.1) is 0 Å². The van der Waals surface area contributed by atoms with Gasteiger partial charge in [0, 0.05) is 23.0 Å². The van der Waals surface area contributed by atoms with Crippen molar-refractivity contribution in [2.75, 3.05) is 20.3 Å². The molecule has 0 saturated heterocycles. The number of aliphatic hydroxyl groups excluding tert-OH is 1. The lowest BCUT2D eigenvalue weighted by Gasteiger charge is -2.27. The van der Waals surface area contributed by atoms with Crippen LogP contribution in [0.5, 0.6) is 5.75 Å². The summed E-state index contributed by atoms with van der Waals surface area (Å²) in [6.07, 6.45) is 0.623. The summed E-state index contributed by atoms with van der Waals surface area (Å²) in [6.45, 7) is 4.64. The molecule has 1 unspecified atom stereocenters. The number of ether oxygens (including phenoxy) is 2. The predicted octanol–water partition coefficient (Wildman–Crippen LogP) is 5.60. The molecule has 0 spiro atoms. The number of halogens is 1. The molecule has 2 heterocycles. The van der Waals surface area contributed by atoms with Gasteiger partial charge in [0.15, 0.2) is 11.5 Å². The second kappa shape index (κ2) is 10.0. The maximum absolute atomic E-state index is 13.6. The van der Waals surface area contributed by atoms with E-state index < -0.39 is 23.5 Å². The van der Waals surface area contributed by atoms with E-state index in [1.54, 1.807) is 43.5 Å². The lowest BCUT2D eigenvalue weighted by Crippen LogP contribution is -2.32. The molecule has 0 fully saturated rings. The largest absolute Gasteiger partial charge is 0.503 e. The molecule has 1 aromatic heterocycles. The highest BCUT2D eigenvalue weighted by atomic mass is 79.9. The van der Waals surface area contributed by atoms with Crippen LogP contribution in [0.15, 0.2) is 68.8 Å². The number of aliphatic hydroxyl groups is 1. The number of nitrogens with zero attached hydrogens (tertiary/aromatic N) is 1. The summed E-state index contributed by atoms with van der Waals surface area (Å²) in [7, 11) is 1.55. The Labute approximate surface area is 206 Å². The lowest BCUT2D eigenvalue weighted by atomic mass is 9.94. The van der Waals surface area contributed by atoms with Crippen molar-refractivity contribution in [3.05, 3.63) is 75.7 Å². The first-order valence-corrected chi connectivity index (χ1v) is 11.8. The minimum atomic E-state index is -0.783. The number of methoxy groups -OCH3 is 1. The van der Waals surface area contributed by atoms with E-state index >= 15 is 0 Å². The number of carbonyl (C=O) groups excluding carboxylic acids is 2. The third kappa shape index (κ3) is 4.74. The Morgan fingerprint density at radius 2 is 2.00 bits per heavy atom. The fraction of sp³-hybridized carbons (Fsp3) is 0.308. The smallest absolute Gasteiger partial charge is 0.290 e. The fourth-order valence-electron chi connectivity index (χ4n) is 4.09. The van der Waals surface area contributed by atoms with Gasteiger partial charge in [-0.2, -0.15) is 0 Å². The maximum atomic E-state index is 13.6. The number of Topliss-reactive ketones (excluding diaryl/α,β-unsaturated/α-hetero) is 1. The van der Waals surface area contributed by atoms with E-state index in [2.05, 4.69) is 15.9 Å². The molecule has 7 nitrogen and oxygen atoms in total. The van der Waals surface area contributed by atoms with Gasteiger partial charge in [-0.3, -0.25) is 9.59 Å². The van der Waals surface area contributed by atoms with Gasteiger partial charge in [-0.1, -0.05) is 28.1 Å². The Kier molecular flexibility index (Phi) is 7.09. The molecule has 4 rings (SSSR count). The van der Waals surface area contributed by atoms with E-state index in [1.165, 1.54) is 4.90 Å². The van der Waals surface area contributed by atoms with Crippen molar-refractivity contribution in [2.24, 2.45) is 0 Å². The number of rotatable bonds is 9. The van der Waals surface area contributed by atoms with E-state index in [0.29, 0.717) is 36.5 Å². The van der Waals surface area contributed by atoms with Gasteiger partial charge in [-0.15, -0.1) is 0 Å². The van der Waals surface area contributed by atoms with Crippen molar-refractivity contribution < 1.29 is 28.6 Å². The van der Waals surface area contributed by atoms with Gasteiger partial charge in [-0.25, -0.2) is 0 Å². The Bertz CT molecular complexity index is 1260. The summed E-state index contributed by atoms with van der Waals surface area (Å²) in [5, 5.41) is 11.6. The highest BCUT2D eigenvalue weighted by Gasteiger charge is 2.44. The van der Waals surface area contributed by atoms with Crippen molar-refractivity contribution in [2.45, 2.75) is 32.4 Å². The summed E-state index contributed by atoms with van der Waals surface area (Å²) in [5.41, 5.74) is 1.18. The topological polar surface area (TPSA) is 89.2 Å². The summed E-state index contributed by atoms with van der Waals surface area (Å²) < 4.78 is 17.6. The normalized spacial score (nSPS) is 16.2. The molecule has 8 heteroatoms. The highest BCUT2D eigenvalue weighted by molar-refractivity contribution is 9.10. The van der Waals surface area contributed by atoms with E-state index in [1.807, 2.05) is 26.0 Å². The van der Waals surface area contributed by atoms with Gasteiger partial charge in [-0.05, 0) is 62.2 Å². The zero-order valence-electron chi connectivity index (χ0n) is 19.2. The van der Waals surface area contributed by atoms with Crippen molar-refractivity contribution in [1.29, 1.82) is 0 Å². The number of hydrogen-bond acceptors (Lipinski definition) is 6. The monoisotopic (exact) mass is 527 g/mol. The quantitative estimate of drug-likeness (QED) is 0.288. The molecular weight excluding hydrogens is 502 g/mol. The number of carbonyl (C=O) groups is 2. The van der Waals surface area contributed by atoms with Crippen LogP contribution in [0.1, 0.15) is 42.4 Å². The van der Waals surface area contributed by atoms with Crippen molar-refractivity contribution in [1.82, 2.24) is 4.90 Å². The van der Waals surface area contributed by atoms with Gasteiger partial charge in [0.1, 0.15) is 11.3 Å². The number of hydrogen-bond donors (Lipinski definition) is 1. The molecular formula is C26H26BrNO6. The van der Waals surface area contributed by atoms with Crippen molar-refractivity contribution >= 4 is 38.6 Å². The summed E-state index contributed by atoms with van der Waals surface area (Å²) in [4.78, 5) is 28.2. The van der Waals surface area contributed by atoms with Gasteiger partial charge >= 0.3 is 0 Å². The number of amides is 1. The number of fused-ring (bicyclic) bond motifs is 1. The van der Waals surface area contributed by atoms with E-state index in [4.69, 9.17) is 13.9 Å². The molecule has 0 bridgehead atoms. The predicted molar refractivity (Wildman–Crippen MR) is 131 cm³/mol. The average Bonchev–Trinajstić information content (AvgIpc) is 3.35. The Hall–Kier alpha value is -3.10. The van der Waals surface area contributed by atoms with E-state index in [0.717, 1.165) is 9.86 Å². The van der Waals surface area contributed by atoms with Crippen molar-refractivity contribution in [3.63, 3.8) is 0 Å². The van der Waals surface area contributed by atoms with Crippen LogP contribution < -0.4 is 4.74 Å². The summed E-state index contributed by atoms with van der Waals surface area (Å²) in [6, 6.07) is 13.4. The van der Waals surface area contributed by atoms with Crippen molar-refractivity contribution in [3.8, 4) is 5.75 Å². The van der Waals surface area contributed by atoms with Crippen LogP contribution in [0.3, 0.4) is 0 Å². The second-order valence-electron chi connectivity index (χ2n) is 8.34. The average molecular weight is 528 g/mol. The van der Waals surface area contributed by atoms with Crippen LogP contribution in [-0.2, 0) is 9.53 Å². The fourth-order valence-corrected chi connectivity index (χ4v) is 4.47. The minimum absolute atomic E-state index is 0.0128. The Morgan fingerprint density at radius 3 is 2.74 bits per heavy atom. The van der Waals surface area contributed by atoms with Crippen LogP contribution in [-0.4, -0.2) is 48.1 Å². The third-order valence-electron chi connectivity index (χ3n) is 5.65. The highest BCUT2D eigenvalue weighted by Crippen LogP contribution is 2.40. The Balaban J connectivity index is 1.72. The third-order valence-corrected chi connectivity index (χ3v) is 6.15. The molecule has 1 aliphatic rings. The SMILES string of the molecule is COc1cccc(C2C(C(=O)c3cc4cc(Br)ccc4o3)=C(O)C(=O)N2CCCOC(C)C)c1. The minimum Gasteiger partial charge on any atom is -0.503 e. The lowest BCUT2D eigenvalue weighted by molar-refractivity contribution is -0.129. The summed E-state index contributed by atoms with van der Waals surface area (Å²) in [5.74, 6) is -1.06. The van der Waals surface area contributed by atoms with Gasteiger partial charge in [0.25, 0.3) is 5.91 Å². The van der Waals surface area contributed by atoms with Gasteiger partial charge in [0.05, 0.1) is 24.8 Å². The molecule has 0 saturated carbocycles. The van der Waals surface area contributed by atoms with Crippen LogP contribution >= 0.6 is 15.9 Å². The van der Waals surface area contributed by atoms with Crippen LogP contribution in [0.4, 0.5) is 0 Å². The van der Waals surface area contributed by atoms with Crippen LogP contribution in [0.2, 0.25) is 0 Å². The molecule has 0 radical (unpaired) electrons. The summed E-state index contributed by atoms with van der Waals surface area (Å²) >= 11 is 3.41. The van der Waals surface area contributed by atoms with Crippen LogP contribution in [0.25, 0.3) is 11.0 Å². The first kappa shape index (κ1) is 24.0. The zero-order valence-corrected chi connectivity index (χ0v) is 20.8. The molecule has 1 N–H and O–H groups in total. The first-order chi connectivity index (χ1) is 16.3. The molecule has 1 aliphatic heterocycles. The maximum Gasteiger partial charge on any atom is 0.290 e. The van der Waals surface area contributed by atoms with E-state index in [9.17, 15) is 14.7 Å². The number of ketones is 1. The molecule has 1 atom stereocenters. The second-order valence-corrected chi connectivity index (χ2v) is 9.25. The van der Waals surface area contributed by atoms with E-state index in [-0.39, 0.29) is 17.4 Å². The molecule has 0 aliphatic carbocycles. The molecule has 1 amide bonds. The zero-order chi connectivity index (χ0) is 24.4.